The minimum atomic E-state index is -0.422. The average molecular weight is 341 g/mol. The fraction of sp³-hybridized carbons (Fsp3) is 0.526. The van der Waals surface area contributed by atoms with Crippen LogP contribution in [0.5, 0.6) is 0 Å². The molecule has 3 atom stereocenters. The average Bonchev–Trinajstić information content (AvgIpc) is 3.29. The van der Waals surface area contributed by atoms with Gasteiger partial charge in [0.25, 0.3) is 5.91 Å². The van der Waals surface area contributed by atoms with Gasteiger partial charge in [-0.25, -0.2) is 4.79 Å². The van der Waals surface area contributed by atoms with Gasteiger partial charge in [-0.15, -0.1) is 0 Å². The van der Waals surface area contributed by atoms with E-state index < -0.39 is 6.03 Å². The summed E-state index contributed by atoms with van der Waals surface area (Å²) in [5.74, 6) is 1.92. The fourth-order valence-electron chi connectivity index (χ4n) is 4.71. The second-order valence-corrected chi connectivity index (χ2v) is 7.39. The molecule has 0 radical (unpaired) electrons. The lowest BCUT2D eigenvalue weighted by Crippen LogP contribution is -2.31. The van der Waals surface area contributed by atoms with Crippen molar-refractivity contribution in [2.45, 2.75) is 32.1 Å². The summed E-state index contributed by atoms with van der Waals surface area (Å²) in [6, 6.07) is 6.39. The van der Waals surface area contributed by atoms with Crippen molar-refractivity contribution >= 4 is 23.5 Å². The number of nitrogens with zero attached hydrogens (tertiary/aromatic N) is 1. The van der Waals surface area contributed by atoms with Gasteiger partial charge in [-0.05, 0) is 61.3 Å². The van der Waals surface area contributed by atoms with E-state index in [1.54, 1.807) is 24.3 Å². The smallest absolute Gasteiger partial charge is 0.329 e. The quantitative estimate of drug-likeness (QED) is 0.825. The number of amides is 4. The molecule has 0 spiro atoms. The number of fused-ring (bicyclic) bond motifs is 1. The molecule has 6 heteroatoms. The highest BCUT2D eigenvalue weighted by molar-refractivity contribution is 6.12. The molecule has 1 aliphatic heterocycles. The topological polar surface area (TPSA) is 78.5 Å². The first kappa shape index (κ1) is 16.1. The summed E-state index contributed by atoms with van der Waals surface area (Å²) in [5, 5.41) is 5.31. The molecule has 1 heterocycles. The first-order valence-electron chi connectivity index (χ1n) is 9.11. The van der Waals surface area contributed by atoms with E-state index in [1.807, 2.05) is 0 Å². The number of imide groups is 1. The largest absolute Gasteiger partial charge is 0.352 e. The Morgan fingerprint density at radius 2 is 1.92 bits per heavy atom. The van der Waals surface area contributed by atoms with E-state index in [1.165, 1.54) is 37.0 Å². The predicted molar refractivity (Wildman–Crippen MR) is 93.2 cm³/mol. The summed E-state index contributed by atoms with van der Waals surface area (Å²) >= 11 is 0. The van der Waals surface area contributed by atoms with Gasteiger partial charge >= 0.3 is 6.03 Å². The summed E-state index contributed by atoms with van der Waals surface area (Å²) in [6.07, 6.45) is 6.57. The predicted octanol–water partition coefficient (Wildman–Crippen LogP) is 2.30. The lowest BCUT2D eigenvalue weighted by atomic mass is 9.92. The van der Waals surface area contributed by atoms with Crippen molar-refractivity contribution in [2.75, 3.05) is 18.0 Å². The number of carbonyl (C=O) groups is 3. The van der Waals surface area contributed by atoms with Crippen LogP contribution in [0.25, 0.3) is 0 Å². The van der Waals surface area contributed by atoms with Crippen molar-refractivity contribution in [3.8, 4) is 0 Å². The molecule has 1 saturated heterocycles. The number of urea groups is 1. The zero-order chi connectivity index (χ0) is 17.4. The number of carbonyl (C=O) groups excluding carboxylic acids is 3. The minimum Gasteiger partial charge on any atom is -0.352 e. The van der Waals surface area contributed by atoms with Crippen LogP contribution in [0.3, 0.4) is 0 Å². The molecule has 3 fully saturated rings. The Morgan fingerprint density at radius 1 is 1.12 bits per heavy atom. The van der Waals surface area contributed by atoms with Gasteiger partial charge < -0.3 is 5.32 Å². The Hall–Kier alpha value is -2.37. The molecule has 4 rings (SSSR count). The first-order chi connectivity index (χ1) is 12.1. The van der Waals surface area contributed by atoms with Crippen LogP contribution in [-0.2, 0) is 4.79 Å². The summed E-state index contributed by atoms with van der Waals surface area (Å²) in [4.78, 5) is 36.7. The molecular formula is C19H23N3O3. The van der Waals surface area contributed by atoms with Crippen LogP contribution in [0, 0.1) is 17.8 Å². The zero-order valence-electron chi connectivity index (χ0n) is 14.2. The van der Waals surface area contributed by atoms with E-state index in [2.05, 4.69) is 10.6 Å². The van der Waals surface area contributed by atoms with Gasteiger partial charge in [-0.3, -0.25) is 19.8 Å². The van der Waals surface area contributed by atoms with E-state index in [9.17, 15) is 14.4 Å². The maximum atomic E-state index is 12.4. The molecule has 1 aromatic rings. The van der Waals surface area contributed by atoms with Crippen LogP contribution in [0.2, 0.25) is 0 Å². The van der Waals surface area contributed by atoms with Crippen LogP contribution < -0.4 is 15.5 Å². The number of hydrogen-bond acceptors (Lipinski definition) is 3. The Labute approximate surface area is 147 Å². The van der Waals surface area contributed by atoms with Crippen molar-refractivity contribution in [3.05, 3.63) is 29.8 Å². The molecule has 3 aliphatic rings. The molecule has 132 valence electrons. The zero-order valence-corrected chi connectivity index (χ0v) is 14.2. The number of anilines is 1. The van der Waals surface area contributed by atoms with Crippen LogP contribution in [0.15, 0.2) is 24.3 Å². The minimum absolute atomic E-state index is 0.0224. The van der Waals surface area contributed by atoms with Crippen molar-refractivity contribution in [3.63, 3.8) is 0 Å². The summed E-state index contributed by atoms with van der Waals surface area (Å²) < 4.78 is 0. The SMILES string of the molecule is O=C1CN(c2ccc(C(=O)NC[C@H]3CC[C@@H]4CCC[C@@H]43)cc2)C(=O)N1. The molecule has 1 aromatic carbocycles. The van der Waals surface area contributed by atoms with Crippen LogP contribution in [0.4, 0.5) is 10.5 Å². The third-order valence-corrected chi connectivity index (χ3v) is 5.99. The van der Waals surface area contributed by atoms with Gasteiger partial charge in [0.15, 0.2) is 0 Å². The third kappa shape index (κ3) is 3.13. The summed E-state index contributed by atoms with van der Waals surface area (Å²) in [5.41, 5.74) is 1.19. The molecule has 0 unspecified atom stereocenters. The normalized spacial score (nSPS) is 28.2. The van der Waals surface area contributed by atoms with Crippen LogP contribution >= 0.6 is 0 Å². The van der Waals surface area contributed by atoms with E-state index >= 15 is 0 Å². The van der Waals surface area contributed by atoms with Crippen molar-refractivity contribution in [1.29, 1.82) is 0 Å². The molecule has 2 saturated carbocycles. The Kier molecular flexibility index (Phi) is 4.19. The molecule has 4 amide bonds. The van der Waals surface area contributed by atoms with Gasteiger partial charge in [0, 0.05) is 17.8 Å². The molecule has 25 heavy (non-hydrogen) atoms. The maximum absolute atomic E-state index is 12.4. The van der Waals surface area contributed by atoms with Crippen molar-refractivity contribution in [2.24, 2.45) is 17.8 Å². The highest BCUT2D eigenvalue weighted by Crippen LogP contribution is 2.47. The molecular weight excluding hydrogens is 318 g/mol. The summed E-state index contributed by atoms with van der Waals surface area (Å²) in [6.45, 7) is 0.777. The first-order valence-corrected chi connectivity index (χ1v) is 9.11. The standard InChI is InChI=1S/C19H23N3O3/c23-17-11-22(19(25)21-17)15-8-6-13(7-9-15)18(24)20-10-14-5-4-12-2-1-3-16(12)14/h6-9,12,14,16H,1-5,10-11H2,(H,20,24)(H,21,23,25)/t12-,14+,16-/m0/s1. The van der Waals surface area contributed by atoms with Crippen LogP contribution in [0.1, 0.15) is 42.5 Å². The Balaban J connectivity index is 1.34. The highest BCUT2D eigenvalue weighted by atomic mass is 16.2. The Morgan fingerprint density at radius 3 is 2.64 bits per heavy atom. The molecule has 2 aliphatic carbocycles. The van der Waals surface area contributed by atoms with Gasteiger partial charge in [0.2, 0.25) is 5.91 Å². The molecule has 6 nitrogen and oxygen atoms in total. The van der Waals surface area contributed by atoms with E-state index in [-0.39, 0.29) is 18.4 Å². The lowest BCUT2D eigenvalue weighted by Gasteiger charge is -2.19. The van der Waals surface area contributed by atoms with Crippen molar-refractivity contribution in [1.82, 2.24) is 10.6 Å². The van der Waals surface area contributed by atoms with Crippen molar-refractivity contribution < 1.29 is 14.4 Å². The van der Waals surface area contributed by atoms with E-state index in [4.69, 9.17) is 0 Å². The highest BCUT2D eigenvalue weighted by Gasteiger charge is 2.38. The van der Waals surface area contributed by atoms with Crippen LogP contribution in [-0.4, -0.2) is 30.9 Å². The molecule has 0 bridgehead atoms. The van der Waals surface area contributed by atoms with Gasteiger partial charge in [0.05, 0.1) is 0 Å². The Bertz CT molecular complexity index is 700. The maximum Gasteiger partial charge on any atom is 0.329 e. The number of benzene rings is 1. The van der Waals surface area contributed by atoms with Gasteiger partial charge in [-0.2, -0.15) is 0 Å². The third-order valence-electron chi connectivity index (χ3n) is 5.99. The second kappa shape index (κ2) is 6.50. The second-order valence-electron chi connectivity index (χ2n) is 7.39. The number of hydrogen-bond donors (Lipinski definition) is 2. The molecule has 2 N–H and O–H groups in total. The summed E-state index contributed by atoms with van der Waals surface area (Å²) in [7, 11) is 0. The van der Waals surface area contributed by atoms with Gasteiger partial charge in [0.1, 0.15) is 6.54 Å². The van der Waals surface area contributed by atoms with Gasteiger partial charge in [-0.1, -0.05) is 12.8 Å². The number of nitrogens with one attached hydrogen (secondary N) is 2. The fourth-order valence-corrected chi connectivity index (χ4v) is 4.71. The van der Waals surface area contributed by atoms with E-state index in [0.29, 0.717) is 17.2 Å². The molecule has 0 aromatic heterocycles. The van der Waals surface area contributed by atoms with E-state index in [0.717, 1.165) is 18.4 Å². The monoisotopic (exact) mass is 341 g/mol. The lowest BCUT2D eigenvalue weighted by molar-refractivity contribution is -0.117. The number of rotatable bonds is 4.